The van der Waals surface area contributed by atoms with E-state index >= 15 is 0 Å². The Kier molecular flexibility index (Phi) is 5.38. The van der Waals surface area contributed by atoms with Crippen molar-refractivity contribution in [2.75, 3.05) is 0 Å². The average Bonchev–Trinajstić information content (AvgIpc) is 2.04. The molecular formula is C8H5ClF3NS. The van der Waals surface area contributed by atoms with E-state index in [-0.39, 0.29) is 5.02 Å². The summed E-state index contributed by atoms with van der Waals surface area (Å²) < 4.78 is 35.9. The maximum atomic E-state index is 12.0. The van der Waals surface area contributed by atoms with Crippen LogP contribution in [0.2, 0.25) is 5.02 Å². The Morgan fingerprint density at radius 1 is 1.29 bits per heavy atom. The van der Waals surface area contributed by atoms with Crippen molar-refractivity contribution in [2.45, 2.75) is 6.18 Å². The van der Waals surface area contributed by atoms with Crippen molar-refractivity contribution >= 4 is 29.0 Å². The highest BCUT2D eigenvalue weighted by Gasteiger charge is 2.32. The summed E-state index contributed by atoms with van der Waals surface area (Å²) in [6, 6.07) is 4.92. The van der Waals surface area contributed by atoms with E-state index in [1.807, 2.05) is 0 Å². The first-order valence-electron chi connectivity index (χ1n) is 3.29. The van der Waals surface area contributed by atoms with Gasteiger partial charge in [0.25, 0.3) is 0 Å². The molecule has 0 spiro atoms. The van der Waals surface area contributed by atoms with Gasteiger partial charge in [0.05, 0.1) is 15.7 Å². The molecule has 1 nitrogen and oxygen atoms in total. The average molecular weight is 240 g/mol. The van der Waals surface area contributed by atoms with Gasteiger partial charge >= 0.3 is 6.18 Å². The Hall–Kier alpha value is -0.900. The Morgan fingerprint density at radius 3 is 2.00 bits per heavy atom. The molecule has 0 unspecified atom stereocenters. The van der Waals surface area contributed by atoms with Gasteiger partial charge in [-0.1, -0.05) is 23.7 Å². The van der Waals surface area contributed by atoms with Crippen LogP contribution in [-0.4, -0.2) is 5.16 Å². The fourth-order valence-electron chi connectivity index (χ4n) is 0.691. The second-order valence-corrected chi connectivity index (χ2v) is 2.69. The monoisotopic (exact) mass is 239 g/mol. The van der Waals surface area contributed by atoms with E-state index in [0.717, 1.165) is 6.07 Å². The summed E-state index contributed by atoms with van der Waals surface area (Å²) in [5, 5.41) is 7.09. The number of isothiocyanates is 1. The molecule has 0 saturated heterocycles. The van der Waals surface area contributed by atoms with Crippen molar-refractivity contribution < 1.29 is 13.2 Å². The van der Waals surface area contributed by atoms with Crippen LogP contribution in [0.4, 0.5) is 13.2 Å². The molecule has 1 N–H and O–H groups in total. The highest BCUT2D eigenvalue weighted by molar-refractivity contribution is 7.78. The van der Waals surface area contributed by atoms with Gasteiger partial charge in [-0.05, 0) is 24.4 Å². The van der Waals surface area contributed by atoms with Gasteiger partial charge in [0.1, 0.15) is 0 Å². The number of hydrogen-bond donors (Lipinski definition) is 1. The SMILES string of the molecule is FC(F)(F)c1ccccc1Cl.N=C=S. The normalized spacial score (nSPS) is 9.71. The zero-order valence-corrected chi connectivity index (χ0v) is 8.30. The lowest BCUT2D eigenvalue weighted by Gasteiger charge is -2.06. The minimum atomic E-state index is -4.35. The van der Waals surface area contributed by atoms with Gasteiger partial charge in [-0.25, -0.2) is 5.41 Å². The van der Waals surface area contributed by atoms with Crippen LogP contribution in [0.1, 0.15) is 5.56 Å². The second kappa shape index (κ2) is 5.75. The van der Waals surface area contributed by atoms with Crippen molar-refractivity contribution in [1.29, 1.82) is 5.41 Å². The smallest absolute Gasteiger partial charge is 0.248 e. The largest absolute Gasteiger partial charge is 0.417 e. The lowest BCUT2D eigenvalue weighted by molar-refractivity contribution is -0.137. The van der Waals surface area contributed by atoms with E-state index in [0.29, 0.717) is 0 Å². The Balaban J connectivity index is 0.000000500. The summed E-state index contributed by atoms with van der Waals surface area (Å²) in [5.41, 5.74) is -0.790. The van der Waals surface area contributed by atoms with Crippen molar-refractivity contribution in [3.63, 3.8) is 0 Å². The summed E-state index contributed by atoms with van der Waals surface area (Å²) >= 11 is 9.10. The summed E-state index contributed by atoms with van der Waals surface area (Å²) in [5.74, 6) is 0. The minimum absolute atomic E-state index is 0.264. The van der Waals surface area contributed by atoms with Crippen LogP contribution < -0.4 is 0 Å². The number of rotatable bonds is 0. The van der Waals surface area contributed by atoms with E-state index in [9.17, 15) is 13.2 Å². The van der Waals surface area contributed by atoms with Crippen molar-refractivity contribution in [2.24, 2.45) is 0 Å². The lowest BCUT2D eigenvalue weighted by atomic mass is 10.2. The van der Waals surface area contributed by atoms with Crippen molar-refractivity contribution in [1.82, 2.24) is 0 Å². The van der Waals surface area contributed by atoms with Crippen molar-refractivity contribution in [3.8, 4) is 0 Å². The third-order valence-corrected chi connectivity index (χ3v) is 1.51. The van der Waals surface area contributed by atoms with E-state index in [1.165, 1.54) is 18.2 Å². The molecule has 0 heterocycles. The number of alkyl halides is 3. The van der Waals surface area contributed by atoms with Crippen LogP contribution in [0, 0.1) is 5.41 Å². The molecule has 0 fully saturated rings. The summed E-state index contributed by atoms with van der Waals surface area (Å²) in [7, 11) is 0. The summed E-state index contributed by atoms with van der Waals surface area (Å²) in [4.78, 5) is 0. The lowest BCUT2D eigenvalue weighted by Crippen LogP contribution is -2.04. The first-order chi connectivity index (χ1) is 6.43. The molecule has 6 heteroatoms. The molecular weight excluding hydrogens is 235 g/mol. The molecule has 14 heavy (non-hydrogen) atoms. The molecule has 0 radical (unpaired) electrons. The van der Waals surface area contributed by atoms with Gasteiger partial charge in [-0.2, -0.15) is 13.2 Å². The molecule has 1 aromatic rings. The molecule has 0 atom stereocenters. The molecule has 0 aliphatic heterocycles. The van der Waals surface area contributed by atoms with Gasteiger partial charge in [0.15, 0.2) is 0 Å². The van der Waals surface area contributed by atoms with Crippen LogP contribution in [0.3, 0.4) is 0 Å². The molecule has 0 aliphatic carbocycles. The molecule has 1 rings (SSSR count). The van der Waals surface area contributed by atoms with Gasteiger partial charge in [0.2, 0.25) is 0 Å². The molecule has 0 amide bonds. The van der Waals surface area contributed by atoms with Crippen LogP contribution in [-0.2, 0) is 6.18 Å². The van der Waals surface area contributed by atoms with E-state index < -0.39 is 11.7 Å². The maximum Gasteiger partial charge on any atom is 0.417 e. The van der Waals surface area contributed by atoms with Crippen molar-refractivity contribution in [3.05, 3.63) is 34.9 Å². The number of nitrogens with one attached hydrogen (secondary N) is 1. The molecule has 0 aliphatic rings. The van der Waals surface area contributed by atoms with E-state index in [2.05, 4.69) is 12.2 Å². The second-order valence-electron chi connectivity index (χ2n) is 2.08. The molecule has 0 saturated carbocycles. The topological polar surface area (TPSA) is 23.9 Å². The molecule has 76 valence electrons. The first-order valence-corrected chi connectivity index (χ1v) is 4.07. The highest BCUT2D eigenvalue weighted by Crippen LogP contribution is 2.33. The van der Waals surface area contributed by atoms with Gasteiger partial charge in [-0.15, -0.1) is 0 Å². The number of benzene rings is 1. The zero-order valence-electron chi connectivity index (χ0n) is 6.73. The maximum absolute atomic E-state index is 12.0. The number of thiocarbonyl (C=S) groups is 1. The third kappa shape index (κ3) is 4.37. The van der Waals surface area contributed by atoms with E-state index in [4.69, 9.17) is 17.0 Å². The molecule has 0 aromatic heterocycles. The number of hydrogen-bond acceptors (Lipinski definition) is 2. The summed E-state index contributed by atoms with van der Waals surface area (Å²) in [6.45, 7) is 0. The fourth-order valence-corrected chi connectivity index (χ4v) is 0.934. The highest BCUT2D eigenvalue weighted by atomic mass is 35.5. The Morgan fingerprint density at radius 2 is 1.71 bits per heavy atom. The minimum Gasteiger partial charge on any atom is -0.248 e. The first kappa shape index (κ1) is 13.1. The quantitative estimate of drug-likeness (QED) is 0.536. The van der Waals surface area contributed by atoms with Crippen LogP contribution in [0.25, 0.3) is 0 Å². The Labute approximate surface area is 89.0 Å². The fraction of sp³-hybridized carbons (Fsp3) is 0.125. The van der Waals surface area contributed by atoms with Gasteiger partial charge < -0.3 is 0 Å². The predicted molar refractivity (Wildman–Crippen MR) is 51.8 cm³/mol. The zero-order chi connectivity index (χ0) is 11.2. The third-order valence-electron chi connectivity index (χ3n) is 1.18. The van der Waals surface area contributed by atoms with Crippen LogP contribution in [0.5, 0.6) is 0 Å². The Bertz CT molecular complexity index is 332. The molecule has 1 aromatic carbocycles. The van der Waals surface area contributed by atoms with Gasteiger partial charge in [-0.3, -0.25) is 0 Å². The standard InChI is InChI=1S/C7H4ClF3.CHNS/c8-6-4-2-1-3-5(6)7(9,10)11;2-1-3/h1-4H;2H. The van der Waals surface area contributed by atoms with Crippen LogP contribution in [0.15, 0.2) is 24.3 Å². The van der Waals surface area contributed by atoms with E-state index in [1.54, 1.807) is 5.16 Å². The molecule has 0 bridgehead atoms. The summed E-state index contributed by atoms with van der Waals surface area (Å²) in [6.07, 6.45) is -4.35. The predicted octanol–water partition coefficient (Wildman–Crippen LogP) is 4.03. The van der Waals surface area contributed by atoms with Crippen LogP contribution >= 0.6 is 23.8 Å². The van der Waals surface area contributed by atoms with Gasteiger partial charge in [0, 0.05) is 0 Å². The number of halogens is 4.